The number of aromatic nitrogens is 1. The molecule has 0 saturated carbocycles. The first-order valence-corrected chi connectivity index (χ1v) is 9.61. The Kier molecular flexibility index (Phi) is 6.54. The van der Waals surface area contributed by atoms with E-state index in [-0.39, 0.29) is 11.9 Å². The Bertz CT molecular complexity index is 1010. The highest BCUT2D eigenvalue weighted by Crippen LogP contribution is 2.25. The number of carbonyl (C=O) groups excluding carboxylic acids is 1. The Labute approximate surface area is 168 Å². The van der Waals surface area contributed by atoms with Gasteiger partial charge in [0.25, 0.3) is 0 Å². The van der Waals surface area contributed by atoms with E-state index in [0.29, 0.717) is 36.5 Å². The third kappa shape index (κ3) is 4.64. The van der Waals surface area contributed by atoms with Crippen molar-refractivity contribution in [3.05, 3.63) is 69.7 Å². The molecular formula is C21H24ClN3O3. The van der Waals surface area contributed by atoms with E-state index in [0.717, 1.165) is 11.1 Å². The van der Waals surface area contributed by atoms with Crippen molar-refractivity contribution < 1.29 is 9.21 Å². The van der Waals surface area contributed by atoms with E-state index in [1.54, 1.807) is 10.6 Å². The highest BCUT2D eigenvalue weighted by Gasteiger charge is 2.18. The van der Waals surface area contributed by atoms with Crippen LogP contribution in [0.1, 0.15) is 24.4 Å². The fraction of sp³-hybridized carbons (Fsp3) is 0.333. The summed E-state index contributed by atoms with van der Waals surface area (Å²) < 4.78 is 6.78. The van der Waals surface area contributed by atoms with Crippen molar-refractivity contribution in [3.63, 3.8) is 0 Å². The second-order valence-corrected chi connectivity index (χ2v) is 7.30. The molecule has 0 aliphatic carbocycles. The lowest BCUT2D eigenvalue weighted by atomic mass is 10.1. The molecule has 6 nitrogen and oxygen atoms in total. The summed E-state index contributed by atoms with van der Waals surface area (Å²) >= 11 is 6.30. The molecule has 148 valence electrons. The molecule has 1 amide bonds. The van der Waals surface area contributed by atoms with E-state index in [2.05, 4.69) is 5.32 Å². The van der Waals surface area contributed by atoms with Crippen LogP contribution in [0.25, 0.3) is 11.1 Å². The summed E-state index contributed by atoms with van der Waals surface area (Å²) in [5.74, 6) is -0.451. The molecule has 0 aliphatic heterocycles. The van der Waals surface area contributed by atoms with Crippen molar-refractivity contribution in [2.45, 2.75) is 25.4 Å². The van der Waals surface area contributed by atoms with Gasteiger partial charge in [0.15, 0.2) is 5.58 Å². The van der Waals surface area contributed by atoms with Gasteiger partial charge < -0.3 is 14.6 Å². The Morgan fingerprint density at radius 1 is 1.18 bits per heavy atom. The number of hydrogen-bond donors (Lipinski definition) is 1. The predicted molar refractivity (Wildman–Crippen MR) is 111 cm³/mol. The molecule has 2 aromatic carbocycles. The zero-order valence-electron chi connectivity index (χ0n) is 16.0. The van der Waals surface area contributed by atoms with Crippen LogP contribution >= 0.6 is 11.6 Å². The van der Waals surface area contributed by atoms with Crippen LogP contribution < -0.4 is 11.1 Å². The van der Waals surface area contributed by atoms with E-state index in [9.17, 15) is 9.59 Å². The van der Waals surface area contributed by atoms with Gasteiger partial charge in [-0.25, -0.2) is 4.79 Å². The number of para-hydroxylation sites is 2. The predicted octanol–water partition coefficient (Wildman–Crippen LogP) is 3.45. The molecule has 3 aromatic rings. The SMILES string of the molecule is CN(C)C(CNC(=O)CCCn1c(=O)oc2ccccc21)c1ccccc1Cl. The Balaban J connectivity index is 1.54. The van der Waals surface area contributed by atoms with Gasteiger partial charge in [-0.05, 0) is 44.3 Å². The molecule has 0 spiro atoms. The van der Waals surface area contributed by atoms with Crippen molar-refractivity contribution in [2.24, 2.45) is 0 Å². The van der Waals surface area contributed by atoms with Gasteiger partial charge >= 0.3 is 5.76 Å². The number of nitrogens with zero attached hydrogens (tertiary/aromatic N) is 2. The topological polar surface area (TPSA) is 67.5 Å². The quantitative estimate of drug-likeness (QED) is 0.627. The lowest BCUT2D eigenvalue weighted by Crippen LogP contribution is -2.34. The standard InChI is InChI=1S/C21H24ClN3O3/c1-24(2)18(15-8-3-4-9-16(15)22)14-23-20(26)12-7-13-25-17-10-5-6-11-19(17)28-21(25)27/h3-6,8-11,18H,7,12-14H2,1-2H3,(H,23,26). The number of nitrogens with one attached hydrogen (secondary N) is 1. The van der Waals surface area contributed by atoms with Crippen LogP contribution in [-0.2, 0) is 11.3 Å². The number of oxazole rings is 1. The summed E-state index contributed by atoms with van der Waals surface area (Å²) in [4.78, 5) is 26.3. The van der Waals surface area contributed by atoms with Gasteiger partial charge in [-0.1, -0.05) is 41.9 Å². The monoisotopic (exact) mass is 401 g/mol. The molecule has 28 heavy (non-hydrogen) atoms. The van der Waals surface area contributed by atoms with E-state index in [1.807, 2.05) is 61.5 Å². The highest BCUT2D eigenvalue weighted by atomic mass is 35.5. The second-order valence-electron chi connectivity index (χ2n) is 6.90. The maximum atomic E-state index is 12.3. The molecule has 3 rings (SSSR count). The molecule has 1 heterocycles. The number of aryl methyl sites for hydroxylation is 1. The lowest BCUT2D eigenvalue weighted by molar-refractivity contribution is -0.121. The van der Waals surface area contributed by atoms with E-state index < -0.39 is 5.76 Å². The number of carbonyl (C=O) groups is 1. The van der Waals surface area contributed by atoms with E-state index >= 15 is 0 Å². The third-order valence-corrected chi connectivity index (χ3v) is 5.08. The van der Waals surface area contributed by atoms with Gasteiger partial charge in [0.05, 0.1) is 11.6 Å². The van der Waals surface area contributed by atoms with Crippen LogP contribution in [0.5, 0.6) is 0 Å². The molecule has 0 fully saturated rings. The minimum absolute atomic E-state index is 0.0157. The molecule has 1 unspecified atom stereocenters. The van der Waals surface area contributed by atoms with Crippen LogP contribution in [0.15, 0.2) is 57.7 Å². The summed E-state index contributed by atoms with van der Waals surface area (Å²) in [5.41, 5.74) is 2.29. The molecular weight excluding hydrogens is 378 g/mol. The van der Waals surface area contributed by atoms with E-state index in [1.165, 1.54) is 0 Å². The number of fused-ring (bicyclic) bond motifs is 1. The molecule has 0 radical (unpaired) electrons. The van der Waals surface area contributed by atoms with Gasteiger partial charge in [-0.3, -0.25) is 9.36 Å². The molecule has 0 saturated heterocycles. The normalized spacial score (nSPS) is 12.4. The summed E-state index contributed by atoms with van der Waals surface area (Å²) in [6, 6.07) is 14.9. The Hall–Kier alpha value is -2.57. The van der Waals surface area contributed by atoms with Crippen LogP contribution in [-0.4, -0.2) is 36.0 Å². The maximum absolute atomic E-state index is 12.3. The average molecular weight is 402 g/mol. The van der Waals surface area contributed by atoms with Crippen LogP contribution in [0.2, 0.25) is 5.02 Å². The van der Waals surface area contributed by atoms with Crippen molar-refractivity contribution in [3.8, 4) is 0 Å². The minimum atomic E-state index is -0.395. The molecule has 1 N–H and O–H groups in total. The Morgan fingerprint density at radius 3 is 2.64 bits per heavy atom. The zero-order valence-corrected chi connectivity index (χ0v) is 16.8. The van der Waals surface area contributed by atoms with Crippen molar-refractivity contribution >= 4 is 28.6 Å². The van der Waals surface area contributed by atoms with Crippen LogP contribution in [0.4, 0.5) is 0 Å². The molecule has 0 bridgehead atoms. The number of benzene rings is 2. The minimum Gasteiger partial charge on any atom is -0.408 e. The molecule has 1 aromatic heterocycles. The molecule has 0 aliphatic rings. The summed E-state index contributed by atoms with van der Waals surface area (Å²) in [5, 5.41) is 3.65. The highest BCUT2D eigenvalue weighted by molar-refractivity contribution is 6.31. The fourth-order valence-electron chi connectivity index (χ4n) is 3.24. The first kappa shape index (κ1) is 20.2. The van der Waals surface area contributed by atoms with Gasteiger partial charge in [-0.2, -0.15) is 0 Å². The molecule has 7 heteroatoms. The third-order valence-electron chi connectivity index (χ3n) is 4.74. The first-order valence-electron chi connectivity index (χ1n) is 9.23. The number of likely N-dealkylation sites (N-methyl/N-ethyl adjacent to an activating group) is 1. The van der Waals surface area contributed by atoms with Crippen LogP contribution in [0.3, 0.4) is 0 Å². The number of rotatable bonds is 8. The first-order chi connectivity index (χ1) is 13.5. The van der Waals surface area contributed by atoms with Crippen molar-refractivity contribution in [2.75, 3.05) is 20.6 Å². The smallest absolute Gasteiger partial charge is 0.408 e. The molecule has 1 atom stereocenters. The fourth-order valence-corrected chi connectivity index (χ4v) is 3.50. The largest absolute Gasteiger partial charge is 0.419 e. The summed E-state index contributed by atoms with van der Waals surface area (Å²) in [6.07, 6.45) is 0.878. The number of halogens is 1. The van der Waals surface area contributed by atoms with Crippen molar-refractivity contribution in [1.29, 1.82) is 0 Å². The van der Waals surface area contributed by atoms with Gasteiger partial charge in [0, 0.05) is 24.5 Å². The van der Waals surface area contributed by atoms with E-state index in [4.69, 9.17) is 16.0 Å². The van der Waals surface area contributed by atoms with Crippen LogP contribution in [0, 0.1) is 0 Å². The number of amides is 1. The van der Waals surface area contributed by atoms with Crippen molar-refractivity contribution in [1.82, 2.24) is 14.8 Å². The second kappa shape index (κ2) is 9.08. The summed E-state index contributed by atoms with van der Waals surface area (Å²) in [7, 11) is 3.91. The average Bonchev–Trinajstić information content (AvgIpc) is 2.98. The Morgan fingerprint density at radius 2 is 1.89 bits per heavy atom. The maximum Gasteiger partial charge on any atom is 0.419 e. The number of hydrogen-bond acceptors (Lipinski definition) is 4. The van der Waals surface area contributed by atoms with Gasteiger partial charge in [-0.15, -0.1) is 0 Å². The zero-order chi connectivity index (χ0) is 20.1. The van der Waals surface area contributed by atoms with Gasteiger partial charge in [0.1, 0.15) is 0 Å². The summed E-state index contributed by atoms with van der Waals surface area (Å²) in [6.45, 7) is 0.898. The van der Waals surface area contributed by atoms with Gasteiger partial charge in [0.2, 0.25) is 5.91 Å². The lowest BCUT2D eigenvalue weighted by Gasteiger charge is -2.26.